The van der Waals surface area contributed by atoms with Crippen molar-refractivity contribution in [2.75, 3.05) is 13.1 Å². The lowest BCUT2D eigenvalue weighted by Gasteiger charge is -2.24. The van der Waals surface area contributed by atoms with Gasteiger partial charge in [-0.3, -0.25) is 4.79 Å². The fourth-order valence-corrected chi connectivity index (χ4v) is 2.30. The third-order valence-electron chi connectivity index (χ3n) is 3.27. The van der Waals surface area contributed by atoms with Crippen LogP contribution < -0.4 is 0 Å². The lowest BCUT2D eigenvalue weighted by atomic mass is 9.97. The van der Waals surface area contributed by atoms with Crippen LogP contribution in [0.25, 0.3) is 0 Å². The summed E-state index contributed by atoms with van der Waals surface area (Å²) in [4.78, 5) is 25.9. The van der Waals surface area contributed by atoms with E-state index < -0.39 is 5.60 Å². The normalized spacial score (nSPS) is 18.9. The lowest BCUT2D eigenvalue weighted by molar-refractivity contribution is 0.0289. The van der Waals surface area contributed by atoms with E-state index in [1.807, 2.05) is 51.1 Å². The Labute approximate surface area is 119 Å². The molecule has 2 rings (SSSR count). The first-order chi connectivity index (χ1) is 9.37. The maximum absolute atomic E-state index is 12.3. The molecule has 20 heavy (non-hydrogen) atoms. The predicted molar refractivity (Wildman–Crippen MR) is 76.7 cm³/mol. The van der Waals surface area contributed by atoms with Crippen LogP contribution in [0.15, 0.2) is 30.3 Å². The van der Waals surface area contributed by atoms with E-state index >= 15 is 0 Å². The summed E-state index contributed by atoms with van der Waals surface area (Å²) in [5.41, 5.74) is 0.210. The summed E-state index contributed by atoms with van der Waals surface area (Å²) >= 11 is 0. The molecule has 4 nitrogen and oxygen atoms in total. The van der Waals surface area contributed by atoms with E-state index in [2.05, 4.69) is 0 Å². The SMILES string of the molecule is CC(C)(C)OC(=O)N1CC[C@@H](C(=O)c2ccccc2)C1. The Balaban J connectivity index is 1.96. The van der Waals surface area contributed by atoms with Crippen molar-refractivity contribution in [3.8, 4) is 0 Å². The van der Waals surface area contributed by atoms with Crippen molar-refractivity contribution in [3.05, 3.63) is 35.9 Å². The average molecular weight is 275 g/mol. The summed E-state index contributed by atoms with van der Waals surface area (Å²) < 4.78 is 5.33. The lowest BCUT2D eigenvalue weighted by Crippen LogP contribution is -2.35. The molecule has 1 fully saturated rings. The van der Waals surface area contributed by atoms with Crippen molar-refractivity contribution >= 4 is 11.9 Å². The zero-order valence-corrected chi connectivity index (χ0v) is 12.3. The topological polar surface area (TPSA) is 46.6 Å². The van der Waals surface area contributed by atoms with E-state index in [1.54, 1.807) is 4.90 Å². The van der Waals surface area contributed by atoms with E-state index in [0.29, 0.717) is 25.1 Å². The van der Waals surface area contributed by atoms with Gasteiger partial charge in [-0.05, 0) is 27.2 Å². The number of ketones is 1. The first-order valence-electron chi connectivity index (χ1n) is 6.94. The highest BCUT2D eigenvalue weighted by atomic mass is 16.6. The molecule has 1 aliphatic rings. The van der Waals surface area contributed by atoms with E-state index in [-0.39, 0.29) is 17.8 Å². The molecule has 0 aliphatic carbocycles. The van der Waals surface area contributed by atoms with Gasteiger partial charge in [0.2, 0.25) is 0 Å². The van der Waals surface area contributed by atoms with Crippen LogP contribution in [0.1, 0.15) is 37.6 Å². The van der Waals surface area contributed by atoms with Crippen molar-refractivity contribution in [3.63, 3.8) is 0 Å². The van der Waals surface area contributed by atoms with Crippen molar-refractivity contribution in [2.24, 2.45) is 5.92 Å². The fourth-order valence-electron chi connectivity index (χ4n) is 2.30. The van der Waals surface area contributed by atoms with Crippen LogP contribution in [0.4, 0.5) is 4.79 Å². The molecule has 1 atom stereocenters. The molecule has 0 bridgehead atoms. The van der Waals surface area contributed by atoms with Crippen LogP contribution in [-0.4, -0.2) is 35.5 Å². The van der Waals surface area contributed by atoms with Crippen molar-refractivity contribution in [1.82, 2.24) is 4.90 Å². The Morgan fingerprint density at radius 2 is 1.85 bits per heavy atom. The van der Waals surface area contributed by atoms with Gasteiger partial charge < -0.3 is 9.64 Å². The number of benzene rings is 1. The molecule has 1 aromatic carbocycles. The van der Waals surface area contributed by atoms with E-state index in [9.17, 15) is 9.59 Å². The van der Waals surface area contributed by atoms with Gasteiger partial charge in [0.15, 0.2) is 5.78 Å². The van der Waals surface area contributed by atoms with Gasteiger partial charge in [-0.2, -0.15) is 0 Å². The maximum Gasteiger partial charge on any atom is 0.410 e. The Morgan fingerprint density at radius 3 is 2.45 bits per heavy atom. The average Bonchev–Trinajstić information content (AvgIpc) is 2.86. The summed E-state index contributed by atoms with van der Waals surface area (Å²) in [6.07, 6.45) is 0.369. The Bertz CT molecular complexity index is 490. The van der Waals surface area contributed by atoms with Crippen LogP contribution in [0.5, 0.6) is 0 Å². The Kier molecular flexibility index (Phi) is 4.12. The molecular weight excluding hydrogens is 254 g/mol. The highest BCUT2D eigenvalue weighted by Crippen LogP contribution is 2.22. The molecule has 0 aromatic heterocycles. The van der Waals surface area contributed by atoms with Crippen molar-refractivity contribution in [1.29, 1.82) is 0 Å². The molecular formula is C16H21NO3. The minimum atomic E-state index is -0.501. The highest BCUT2D eigenvalue weighted by Gasteiger charge is 2.33. The minimum absolute atomic E-state index is 0.108. The van der Waals surface area contributed by atoms with E-state index in [0.717, 1.165) is 0 Å². The minimum Gasteiger partial charge on any atom is -0.444 e. The van der Waals surface area contributed by atoms with Gasteiger partial charge in [-0.25, -0.2) is 4.79 Å². The van der Waals surface area contributed by atoms with Crippen molar-refractivity contribution in [2.45, 2.75) is 32.8 Å². The zero-order chi connectivity index (χ0) is 14.8. The number of carbonyl (C=O) groups excluding carboxylic acids is 2. The first-order valence-corrected chi connectivity index (χ1v) is 6.94. The van der Waals surface area contributed by atoms with Crippen LogP contribution in [-0.2, 0) is 4.74 Å². The molecule has 1 heterocycles. The number of amides is 1. The fraction of sp³-hybridized carbons (Fsp3) is 0.500. The van der Waals surface area contributed by atoms with Gasteiger partial charge in [-0.1, -0.05) is 30.3 Å². The summed E-state index contributed by atoms with van der Waals surface area (Å²) in [6, 6.07) is 9.23. The van der Waals surface area contributed by atoms with Gasteiger partial charge in [-0.15, -0.1) is 0 Å². The summed E-state index contributed by atoms with van der Waals surface area (Å²) in [7, 11) is 0. The van der Waals surface area contributed by atoms with Gasteiger partial charge in [0.1, 0.15) is 5.60 Å². The molecule has 0 N–H and O–H groups in total. The third-order valence-corrected chi connectivity index (χ3v) is 3.27. The van der Waals surface area contributed by atoms with Crippen LogP contribution in [0, 0.1) is 5.92 Å². The van der Waals surface area contributed by atoms with Crippen molar-refractivity contribution < 1.29 is 14.3 Å². The molecule has 108 valence electrons. The van der Waals surface area contributed by atoms with Gasteiger partial charge in [0, 0.05) is 24.6 Å². The maximum atomic E-state index is 12.3. The number of ether oxygens (including phenoxy) is 1. The number of carbonyl (C=O) groups is 2. The molecule has 1 amide bonds. The molecule has 0 saturated carbocycles. The second-order valence-electron chi connectivity index (χ2n) is 6.14. The number of likely N-dealkylation sites (tertiary alicyclic amines) is 1. The first kappa shape index (κ1) is 14.6. The van der Waals surface area contributed by atoms with Gasteiger partial charge in [0.25, 0.3) is 0 Å². The molecule has 0 spiro atoms. The molecule has 1 aromatic rings. The molecule has 0 unspecified atom stereocenters. The number of Topliss-reactive ketones (excluding diaryl/α,β-unsaturated/α-hetero) is 1. The predicted octanol–water partition coefficient (Wildman–Crippen LogP) is 3.13. The summed E-state index contributed by atoms with van der Waals surface area (Å²) in [6.45, 7) is 6.55. The Hall–Kier alpha value is -1.84. The number of nitrogens with zero attached hydrogens (tertiary/aromatic N) is 1. The Morgan fingerprint density at radius 1 is 1.20 bits per heavy atom. The molecule has 1 aliphatic heterocycles. The molecule has 0 radical (unpaired) electrons. The van der Waals surface area contributed by atoms with Crippen LogP contribution in [0.2, 0.25) is 0 Å². The number of rotatable bonds is 2. The number of hydrogen-bond acceptors (Lipinski definition) is 3. The smallest absolute Gasteiger partial charge is 0.410 e. The summed E-state index contributed by atoms with van der Waals surface area (Å²) in [5, 5.41) is 0. The van der Waals surface area contributed by atoms with E-state index in [4.69, 9.17) is 4.74 Å². The van der Waals surface area contributed by atoms with Crippen LogP contribution >= 0.6 is 0 Å². The third kappa shape index (κ3) is 3.59. The van der Waals surface area contributed by atoms with E-state index in [1.165, 1.54) is 0 Å². The second-order valence-corrected chi connectivity index (χ2v) is 6.14. The molecule has 4 heteroatoms. The highest BCUT2D eigenvalue weighted by molar-refractivity contribution is 5.98. The standard InChI is InChI=1S/C16H21NO3/c1-16(2,3)20-15(19)17-10-9-13(11-17)14(18)12-7-5-4-6-8-12/h4-8,13H,9-11H2,1-3H3/t13-/m1/s1. The largest absolute Gasteiger partial charge is 0.444 e. The number of hydrogen-bond donors (Lipinski definition) is 0. The second kappa shape index (κ2) is 5.65. The quantitative estimate of drug-likeness (QED) is 0.779. The zero-order valence-electron chi connectivity index (χ0n) is 12.3. The molecule has 1 saturated heterocycles. The monoisotopic (exact) mass is 275 g/mol. The van der Waals surface area contributed by atoms with Gasteiger partial charge >= 0.3 is 6.09 Å². The summed E-state index contributed by atoms with van der Waals surface area (Å²) in [5.74, 6) is -0.0124. The van der Waals surface area contributed by atoms with Crippen LogP contribution in [0.3, 0.4) is 0 Å². The van der Waals surface area contributed by atoms with Gasteiger partial charge in [0.05, 0.1) is 0 Å².